The molecular weight excluding hydrogens is 254 g/mol. The minimum Gasteiger partial charge on any atom is -0.383 e. The van der Waals surface area contributed by atoms with Crippen molar-refractivity contribution in [2.75, 3.05) is 26.8 Å². The molecule has 1 saturated carbocycles. The molecule has 1 aromatic heterocycles. The second-order valence-corrected chi connectivity index (χ2v) is 5.61. The molecule has 0 radical (unpaired) electrons. The van der Waals surface area contributed by atoms with Crippen molar-refractivity contribution in [2.24, 2.45) is 5.92 Å². The van der Waals surface area contributed by atoms with Crippen LogP contribution in [0, 0.1) is 5.92 Å². The summed E-state index contributed by atoms with van der Waals surface area (Å²) in [6, 6.07) is 2.65. The number of hydrogen-bond donors (Lipinski definition) is 1. The molecular formula is C15H27N3O2. The molecule has 1 unspecified atom stereocenters. The molecule has 20 heavy (non-hydrogen) atoms. The highest BCUT2D eigenvalue weighted by molar-refractivity contribution is 5.05. The molecule has 1 aliphatic rings. The summed E-state index contributed by atoms with van der Waals surface area (Å²) in [6.07, 6.45) is 2.71. The van der Waals surface area contributed by atoms with Crippen LogP contribution in [-0.2, 0) is 17.8 Å². The van der Waals surface area contributed by atoms with Crippen LogP contribution in [0.4, 0.5) is 0 Å². The van der Waals surface area contributed by atoms with Gasteiger partial charge in [0, 0.05) is 32.3 Å². The average molecular weight is 281 g/mol. The number of aromatic nitrogens is 1. The number of nitrogens with zero attached hydrogens (tertiary/aromatic N) is 2. The Hall–Kier alpha value is -0.910. The molecule has 1 heterocycles. The second kappa shape index (κ2) is 7.76. The number of hydrogen-bond acceptors (Lipinski definition) is 5. The summed E-state index contributed by atoms with van der Waals surface area (Å²) >= 11 is 0. The highest BCUT2D eigenvalue weighted by Gasteiger charge is 2.32. The van der Waals surface area contributed by atoms with E-state index in [0.717, 1.165) is 50.2 Å². The summed E-state index contributed by atoms with van der Waals surface area (Å²) in [5, 5.41) is 7.37. The molecule has 1 fully saturated rings. The highest BCUT2D eigenvalue weighted by Crippen LogP contribution is 2.35. The van der Waals surface area contributed by atoms with Gasteiger partial charge in [-0.2, -0.15) is 0 Å². The molecule has 0 aliphatic heterocycles. The third-order valence-corrected chi connectivity index (χ3v) is 3.99. The van der Waals surface area contributed by atoms with Crippen LogP contribution in [0.2, 0.25) is 0 Å². The van der Waals surface area contributed by atoms with Crippen LogP contribution in [-0.4, -0.2) is 42.9 Å². The largest absolute Gasteiger partial charge is 0.383 e. The summed E-state index contributed by atoms with van der Waals surface area (Å²) in [5.74, 6) is 1.79. The van der Waals surface area contributed by atoms with Crippen molar-refractivity contribution in [2.45, 2.75) is 45.8 Å². The summed E-state index contributed by atoms with van der Waals surface area (Å²) in [5.41, 5.74) is 0.979. The van der Waals surface area contributed by atoms with E-state index in [0.29, 0.717) is 6.04 Å². The van der Waals surface area contributed by atoms with E-state index in [9.17, 15) is 0 Å². The number of methoxy groups -OCH3 is 1. The summed E-state index contributed by atoms with van der Waals surface area (Å²) in [4.78, 5) is 2.44. The first-order valence-corrected chi connectivity index (χ1v) is 7.62. The molecule has 114 valence electrons. The van der Waals surface area contributed by atoms with Crippen LogP contribution in [0.3, 0.4) is 0 Å². The predicted octanol–water partition coefficient (Wildman–Crippen LogP) is 2.03. The molecule has 1 atom stereocenters. The molecule has 1 aliphatic carbocycles. The number of nitrogens with one attached hydrogen (secondary N) is 1. The Labute approximate surface area is 121 Å². The van der Waals surface area contributed by atoms with Crippen LogP contribution in [0.15, 0.2) is 10.6 Å². The Balaban J connectivity index is 1.90. The van der Waals surface area contributed by atoms with Gasteiger partial charge in [-0.05, 0) is 32.2 Å². The maximum absolute atomic E-state index is 5.45. The van der Waals surface area contributed by atoms with Crippen LogP contribution in [0.5, 0.6) is 0 Å². The zero-order valence-electron chi connectivity index (χ0n) is 12.9. The first-order chi connectivity index (χ1) is 9.74. The minimum absolute atomic E-state index is 0.590. The number of ether oxygens (including phenoxy) is 1. The molecule has 0 bridgehead atoms. The second-order valence-electron chi connectivity index (χ2n) is 5.61. The van der Waals surface area contributed by atoms with Gasteiger partial charge in [-0.3, -0.25) is 4.90 Å². The molecule has 0 saturated heterocycles. The quantitative estimate of drug-likeness (QED) is 0.711. The minimum atomic E-state index is 0.590. The van der Waals surface area contributed by atoms with E-state index < -0.39 is 0 Å². The smallest absolute Gasteiger partial charge is 0.151 e. The van der Waals surface area contributed by atoms with Crippen LogP contribution in [0.25, 0.3) is 0 Å². The standard InChI is InChI=1S/C15H27N3O2/c1-4-16-10-14-9-15(20-17-14)11-18(7-8-19-3)12(2)13-5-6-13/h9,12-13,16H,4-8,10-11H2,1-3H3. The monoisotopic (exact) mass is 281 g/mol. The fourth-order valence-corrected chi connectivity index (χ4v) is 2.48. The van der Waals surface area contributed by atoms with Crippen molar-refractivity contribution < 1.29 is 9.26 Å². The van der Waals surface area contributed by atoms with Gasteiger partial charge in [0.2, 0.25) is 0 Å². The van der Waals surface area contributed by atoms with Crippen molar-refractivity contribution >= 4 is 0 Å². The lowest BCUT2D eigenvalue weighted by atomic mass is 10.1. The molecule has 1 aromatic rings. The predicted molar refractivity (Wildman–Crippen MR) is 78.4 cm³/mol. The average Bonchev–Trinajstić information content (AvgIpc) is 3.21. The van der Waals surface area contributed by atoms with E-state index in [1.165, 1.54) is 12.8 Å². The van der Waals surface area contributed by atoms with Crippen LogP contribution < -0.4 is 5.32 Å². The lowest BCUT2D eigenvalue weighted by Gasteiger charge is -2.27. The first-order valence-electron chi connectivity index (χ1n) is 7.62. The fourth-order valence-electron chi connectivity index (χ4n) is 2.48. The van der Waals surface area contributed by atoms with Gasteiger partial charge in [-0.25, -0.2) is 0 Å². The number of rotatable bonds is 10. The van der Waals surface area contributed by atoms with E-state index in [1.54, 1.807) is 7.11 Å². The third-order valence-electron chi connectivity index (χ3n) is 3.99. The Morgan fingerprint density at radius 3 is 3.00 bits per heavy atom. The molecule has 0 amide bonds. The SMILES string of the molecule is CCNCc1cc(CN(CCOC)C(C)C2CC2)on1. The van der Waals surface area contributed by atoms with E-state index in [-0.39, 0.29) is 0 Å². The van der Waals surface area contributed by atoms with Crippen LogP contribution in [0.1, 0.15) is 38.1 Å². The highest BCUT2D eigenvalue weighted by atomic mass is 16.5. The van der Waals surface area contributed by atoms with Gasteiger partial charge in [-0.15, -0.1) is 0 Å². The van der Waals surface area contributed by atoms with Gasteiger partial charge in [0.05, 0.1) is 18.8 Å². The van der Waals surface area contributed by atoms with Gasteiger partial charge in [-0.1, -0.05) is 12.1 Å². The van der Waals surface area contributed by atoms with E-state index in [2.05, 4.69) is 35.3 Å². The molecule has 1 N–H and O–H groups in total. The zero-order chi connectivity index (χ0) is 14.4. The Kier molecular flexibility index (Phi) is 6.01. The zero-order valence-corrected chi connectivity index (χ0v) is 12.9. The lowest BCUT2D eigenvalue weighted by molar-refractivity contribution is 0.104. The van der Waals surface area contributed by atoms with Gasteiger partial charge < -0.3 is 14.6 Å². The normalized spacial score (nSPS) is 16.8. The fraction of sp³-hybridized carbons (Fsp3) is 0.800. The molecule has 5 nitrogen and oxygen atoms in total. The van der Waals surface area contributed by atoms with Crippen LogP contribution >= 0.6 is 0 Å². The first kappa shape index (κ1) is 15.5. The maximum atomic E-state index is 5.45. The van der Waals surface area contributed by atoms with Crippen molar-refractivity contribution in [1.29, 1.82) is 0 Å². The topological polar surface area (TPSA) is 50.5 Å². The molecule has 5 heteroatoms. The van der Waals surface area contributed by atoms with Gasteiger partial charge >= 0.3 is 0 Å². The van der Waals surface area contributed by atoms with Crippen molar-refractivity contribution in [3.63, 3.8) is 0 Å². The Morgan fingerprint density at radius 1 is 1.55 bits per heavy atom. The van der Waals surface area contributed by atoms with Crippen molar-refractivity contribution in [3.8, 4) is 0 Å². The van der Waals surface area contributed by atoms with E-state index >= 15 is 0 Å². The summed E-state index contributed by atoms with van der Waals surface area (Å²) < 4.78 is 10.7. The third kappa shape index (κ3) is 4.58. The summed E-state index contributed by atoms with van der Waals surface area (Å²) in [6.45, 7) is 8.64. The van der Waals surface area contributed by atoms with Gasteiger partial charge in [0.1, 0.15) is 0 Å². The lowest BCUT2D eigenvalue weighted by Crippen LogP contribution is -2.36. The van der Waals surface area contributed by atoms with Crippen molar-refractivity contribution in [1.82, 2.24) is 15.4 Å². The van der Waals surface area contributed by atoms with E-state index in [1.807, 2.05) is 0 Å². The Morgan fingerprint density at radius 2 is 2.35 bits per heavy atom. The molecule has 0 aromatic carbocycles. The van der Waals surface area contributed by atoms with Gasteiger partial charge in [0.25, 0.3) is 0 Å². The van der Waals surface area contributed by atoms with E-state index in [4.69, 9.17) is 9.26 Å². The molecule has 0 spiro atoms. The molecule has 2 rings (SSSR count). The Bertz CT molecular complexity index is 390. The maximum Gasteiger partial charge on any atom is 0.151 e. The summed E-state index contributed by atoms with van der Waals surface area (Å²) in [7, 11) is 1.75. The van der Waals surface area contributed by atoms with Gasteiger partial charge in [0.15, 0.2) is 5.76 Å². The van der Waals surface area contributed by atoms with Crippen molar-refractivity contribution in [3.05, 3.63) is 17.5 Å².